The first kappa shape index (κ1) is 14.9. The van der Waals surface area contributed by atoms with E-state index in [1.54, 1.807) is 0 Å². The monoisotopic (exact) mass is 308 g/mol. The summed E-state index contributed by atoms with van der Waals surface area (Å²) in [7, 11) is 0. The minimum Gasteiger partial charge on any atom is -0.458 e. The van der Waals surface area contributed by atoms with Gasteiger partial charge in [-0.2, -0.15) is 0 Å². The van der Waals surface area contributed by atoms with Crippen molar-refractivity contribution >= 4 is 22.6 Å². The van der Waals surface area contributed by atoms with E-state index >= 15 is 0 Å². The Bertz CT molecular complexity index is 611. The molecular weight excluding hydrogens is 288 g/mol. The van der Waals surface area contributed by atoms with E-state index in [1.165, 1.54) is 0 Å². The summed E-state index contributed by atoms with van der Waals surface area (Å²) in [6, 6.07) is 7.41. The molecule has 2 N–H and O–H groups in total. The summed E-state index contributed by atoms with van der Waals surface area (Å²) >= 11 is 6.15. The predicted octanol–water partition coefficient (Wildman–Crippen LogP) is 3.20. The highest BCUT2D eigenvalue weighted by Crippen LogP contribution is 2.30. The molecule has 1 fully saturated rings. The lowest BCUT2D eigenvalue weighted by atomic mass is 10.1. The first-order valence-corrected chi connectivity index (χ1v) is 7.84. The van der Waals surface area contributed by atoms with Crippen LogP contribution >= 0.6 is 11.6 Å². The van der Waals surface area contributed by atoms with Crippen molar-refractivity contribution in [3.8, 4) is 0 Å². The van der Waals surface area contributed by atoms with E-state index in [0.717, 1.165) is 43.8 Å². The van der Waals surface area contributed by atoms with Gasteiger partial charge in [0.15, 0.2) is 5.58 Å². The Morgan fingerprint density at radius 2 is 2.33 bits per heavy atom. The summed E-state index contributed by atoms with van der Waals surface area (Å²) < 4.78 is 11.7. The quantitative estimate of drug-likeness (QED) is 0.942. The Morgan fingerprint density at radius 1 is 1.48 bits per heavy atom. The lowest BCUT2D eigenvalue weighted by Crippen LogP contribution is -2.47. The number of hydrogen-bond donors (Lipinski definition) is 1. The van der Waals surface area contributed by atoms with Crippen molar-refractivity contribution in [3.63, 3.8) is 0 Å². The molecule has 0 amide bonds. The van der Waals surface area contributed by atoms with Gasteiger partial charge >= 0.3 is 0 Å². The minimum atomic E-state index is -0.270. The van der Waals surface area contributed by atoms with Crippen molar-refractivity contribution < 1.29 is 9.15 Å². The molecule has 0 aliphatic carbocycles. The standard InChI is InChI=1S/C16H21ClN2O2/c1-2-6-19-7-8-20-14(10-19)15(18)13-9-11-4-3-5-12(17)16(11)21-13/h3-5,9,14-15H,2,6-8,10,18H2,1H3. The molecule has 0 spiro atoms. The molecule has 21 heavy (non-hydrogen) atoms. The molecular formula is C16H21ClN2O2. The van der Waals surface area contributed by atoms with Crippen LogP contribution in [0.25, 0.3) is 11.0 Å². The Hall–Kier alpha value is -1.07. The molecule has 2 aromatic rings. The molecule has 0 saturated carbocycles. The predicted molar refractivity (Wildman–Crippen MR) is 84.6 cm³/mol. The maximum Gasteiger partial charge on any atom is 0.152 e. The number of nitrogens with zero attached hydrogens (tertiary/aromatic N) is 1. The Balaban J connectivity index is 1.79. The number of ether oxygens (including phenoxy) is 1. The second-order valence-electron chi connectivity index (χ2n) is 5.54. The number of halogens is 1. The molecule has 1 aliphatic heterocycles. The van der Waals surface area contributed by atoms with Crippen LogP contribution in [0, 0.1) is 0 Å². The first-order valence-electron chi connectivity index (χ1n) is 7.46. The van der Waals surface area contributed by atoms with Gasteiger partial charge in [-0.1, -0.05) is 30.7 Å². The second kappa shape index (κ2) is 6.36. The molecule has 1 aromatic carbocycles. The number of rotatable bonds is 4. The molecule has 0 bridgehead atoms. The normalized spacial score (nSPS) is 21.8. The Kier molecular flexibility index (Phi) is 4.50. The summed E-state index contributed by atoms with van der Waals surface area (Å²) in [6.45, 7) is 5.81. The largest absolute Gasteiger partial charge is 0.458 e. The van der Waals surface area contributed by atoms with Crippen LogP contribution < -0.4 is 5.73 Å². The Labute approximate surface area is 129 Å². The van der Waals surface area contributed by atoms with Crippen LogP contribution in [0.5, 0.6) is 0 Å². The van der Waals surface area contributed by atoms with Crippen molar-refractivity contribution in [3.05, 3.63) is 35.0 Å². The fourth-order valence-corrected chi connectivity index (χ4v) is 3.08. The lowest BCUT2D eigenvalue weighted by molar-refractivity contribution is -0.0434. The van der Waals surface area contributed by atoms with Gasteiger partial charge in [-0.25, -0.2) is 0 Å². The molecule has 4 nitrogen and oxygen atoms in total. The number of benzene rings is 1. The highest BCUT2D eigenvalue weighted by molar-refractivity contribution is 6.34. The van der Waals surface area contributed by atoms with E-state index < -0.39 is 0 Å². The maximum atomic E-state index is 6.35. The first-order chi connectivity index (χ1) is 10.2. The van der Waals surface area contributed by atoms with Gasteiger partial charge in [-0.05, 0) is 25.1 Å². The van der Waals surface area contributed by atoms with Gasteiger partial charge in [0, 0.05) is 18.5 Å². The molecule has 114 valence electrons. The van der Waals surface area contributed by atoms with Gasteiger partial charge in [0.1, 0.15) is 5.76 Å². The van der Waals surface area contributed by atoms with E-state index in [2.05, 4.69) is 11.8 Å². The third-order valence-electron chi connectivity index (χ3n) is 3.96. The van der Waals surface area contributed by atoms with Crippen molar-refractivity contribution in [2.24, 2.45) is 5.73 Å². The van der Waals surface area contributed by atoms with Crippen LogP contribution in [0.4, 0.5) is 0 Å². The van der Waals surface area contributed by atoms with E-state index in [1.807, 2.05) is 24.3 Å². The summed E-state index contributed by atoms with van der Waals surface area (Å²) in [6.07, 6.45) is 1.10. The summed E-state index contributed by atoms with van der Waals surface area (Å²) in [5.74, 6) is 0.737. The van der Waals surface area contributed by atoms with Crippen LogP contribution in [0.1, 0.15) is 25.1 Å². The van der Waals surface area contributed by atoms with Crippen LogP contribution in [-0.4, -0.2) is 37.2 Å². The highest BCUT2D eigenvalue weighted by Gasteiger charge is 2.28. The number of morpholine rings is 1. The Morgan fingerprint density at radius 3 is 3.10 bits per heavy atom. The van der Waals surface area contributed by atoms with Gasteiger partial charge in [0.25, 0.3) is 0 Å². The van der Waals surface area contributed by atoms with Gasteiger partial charge in [0.05, 0.1) is 23.8 Å². The number of furan rings is 1. The zero-order valence-electron chi connectivity index (χ0n) is 12.2. The lowest BCUT2D eigenvalue weighted by Gasteiger charge is -2.34. The fraction of sp³-hybridized carbons (Fsp3) is 0.500. The van der Waals surface area contributed by atoms with E-state index in [9.17, 15) is 0 Å². The molecule has 1 aliphatic rings. The van der Waals surface area contributed by atoms with Crippen LogP contribution in [0.15, 0.2) is 28.7 Å². The van der Waals surface area contributed by atoms with Crippen molar-refractivity contribution in [2.75, 3.05) is 26.2 Å². The molecule has 2 unspecified atom stereocenters. The summed E-state index contributed by atoms with van der Waals surface area (Å²) in [5.41, 5.74) is 7.05. The maximum absolute atomic E-state index is 6.35. The van der Waals surface area contributed by atoms with E-state index in [0.29, 0.717) is 10.6 Å². The third-order valence-corrected chi connectivity index (χ3v) is 4.26. The highest BCUT2D eigenvalue weighted by atomic mass is 35.5. The smallest absolute Gasteiger partial charge is 0.152 e. The van der Waals surface area contributed by atoms with E-state index in [4.69, 9.17) is 26.5 Å². The van der Waals surface area contributed by atoms with Crippen LogP contribution in [0.2, 0.25) is 5.02 Å². The number of fused-ring (bicyclic) bond motifs is 1. The number of nitrogens with two attached hydrogens (primary N) is 1. The molecule has 1 aromatic heterocycles. The molecule has 3 rings (SSSR count). The van der Waals surface area contributed by atoms with Gasteiger partial charge in [0.2, 0.25) is 0 Å². The summed E-state index contributed by atoms with van der Waals surface area (Å²) in [5, 5.41) is 1.59. The molecule has 1 saturated heterocycles. The average molecular weight is 309 g/mol. The van der Waals surface area contributed by atoms with Crippen LogP contribution in [0.3, 0.4) is 0 Å². The van der Waals surface area contributed by atoms with Gasteiger partial charge in [-0.3, -0.25) is 4.90 Å². The van der Waals surface area contributed by atoms with Gasteiger partial charge in [-0.15, -0.1) is 0 Å². The molecule has 5 heteroatoms. The fourth-order valence-electron chi connectivity index (χ4n) is 2.86. The van der Waals surface area contributed by atoms with Crippen molar-refractivity contribution in [2.45, 2.75) is 25.5 Å². The van der Waals surface area contributed by atoms with Gasteiger partial charge < -0.3 is 14.9 Å². The molecule has 0 radical (unpaired) electrons. The average Bonchev–Trinajstić information content (AvgIpc) is 2.93. The zero-order valence-corrected chi connectivity index (χ0v) is 13.0. The minimum absolute atomic E-state index is 0.0374. The third kappa shape index (κ3) is 3.09. The van der Waals surface area contributed by atoms with Crippen molar-refractivity contribution in [1.82, 2.24) is 4.90 Å². The number of para-hydroxylation sites is 1. The summed E-state index contributed by atoms with van der Waals surface area (Å²) in [4.78, 5) is 2.39. The number of hydrogen-bond acceptors (Lipinski definition) is 4. The molecule has 2 atom stereocenters. The van der Waals surface area contributed by atoms with Crippen LogP contribution in [-0.2, 0) is 4.74 Å². The van der Waals surface area contributed by atoms with E-state index in [-0.39, 0.29) is 12.1 Å². The molecule has 2 heterocycles. The van der Waals surface area contributed by atoms with Crippen molar-refractivity contribution in [1.29, 1.82) is 0 Å². The second-order valence-corrected chi connectivity index (χ2v) is 5.95. The SMILES string of the molecule is CCCN1CCOC(C(N)c2cc3cccc(Cl)c3o2)C1. The zero-order chi connectivity index (χ0) is 14.8. The topological polar surface area (TPSA) is 51.6 Å².